The summed E-state index contributed by atoms with van der Waals surface area (Å²) in [7, 11) is 0. The summed E-state index contributed by atoms with van der Waals surface area (Å²) >= 11 is 3.19. The molecule has 0 fully saturated rings. The van der Waals surface area contributed by atoms with Crippen LogP contribution < -0.4 is 4.74 Å². The molecular weight excluding hydrogens is 329 g/mol. The molecule has 0 aliphatic rings. The first kappa shape index (κ1) is 15.6. The van der Waals surface area contributed by atoms with E-state index in [2.05, 4.69) is 15.9 Å². The van der Waals surface area contributed by atoms with Gasteiger partial charge in [0.1, 0.15) is 5.75 Å². The van der Waals surface area contributed by atoms with Crippen molar-refractivity contribution < 1.29 is 27.8 Å². The number of halogens is 4. The van der Waals surface area contributed by atoms with Gasteiger partial charge >= 0.3 is 12.1 Å². The van der Waals surface area contributed by atoms with Crippen molar-refractivity contribution in [3.05, 3.63) is 33.8 Å². The zero-order valence-electron chi connectivity index (χ0n) is 9.79. The molecule has 0 aliphatic carbocycles. The number of hydrogen-bond acceptors (Lipinski definition) is 2. The van der Waals surface area contributed by atoms with E-state index in [0.717, 1.165) is 6.08 Å². The highest BCUT2D eigenvalue weighted by molar-refractivity contribution is 9.10. The zero-order chi connectivity index (χ0) is 14.6. The molecule has 0 atom stereocenters. The average Bonchev–Trinajstić information content (AvgIpc) is 2.23. The van der Waals surface area contributed by atoms with Crippen molar-refractivity contribution in [2.75, 3.05) is 6.61 Å². The molecule has 1 rings (SSSR count). The second kappa shape index (κ2) is 6.10. The van der Waals surface area contributed by atoms with Crippen LogP contribution >= 0.6 is 15.9 Å². The first-order chi connectivity index (χ1) is 8.69. The molecule has 7 heteroatoms. The van der Waals surface area contributed by atoms with Gasteiger partial charge < -0.3 is 9.84 Å². The summed E-state index contributed by atoms with van der Waals surface area (Å²) in [5, 5.41) is 8.54. The summed E-state index contributed by atoms with van der Waals surface area (Å²) in [6.07, 6.45) is -2.43. The summed E-state index contributed by atoms with van der Waals surface area (Å²) in [4.78, 5) is 10.5. The van der Waals surface area contributed by atoms with Crippen molar-refractivity contribution in [3.8, 4) is 5.75 Å². The summed E-state index contributed by atoms with van der Waals surface area (Å²) in [6, 6.07) is 3.07. The van der Waals surface area contributed by atoms with Crippen molar-refractivity contribution in [3.63, 3.8) is 0 Å². The van der Waals surface area contributed by atoms with E-state index in [4.69, 9.17) is 9.84 Å². The van der Waals surface area contributed by atoms with Gasteiger partial charge in [0.2, 0.25) is 0 Å². The number of carboxylic acid groups (broad SMARTS) is 1. The largest absolute Gasteiger partial charge is 0.483 e. The standard InChI is InChI=1S/C12H10BrF3O3/c1-7-4-9(13)5-8(2-3-10(17)18)11(7)19-6-12(14,15)16/h2-5H,6H2,1H3,(H,17,18)/b3-2+. The predicted octanol–water partition coefficient (Wildman–Crippen LogP) is 3.80. The highest BCUT2D eigenvalue weighted by atomic mass is 79.9. The topological polar surface area (TPSA) is 46.5 Å². The van der Waals surface area contributed by atoms with Gasteiger partial charge in [-0.2, -0.15) is 13.2 Å². The summed E-state index contributed by atoms with van der Waals surface area (Å²) in [5.41, 5.74) is 0.738. The third-order valence-electron chi connectivity index (χ3n) is 2.05. The first-order valence-corrected chi connectivity index (χ1v) is 5.89. The molecule has 0 saturated heterocycles. The minimum atomic E-state index is -4.45. The molecule has 0 unspecified atom stereocenters. The Labute approximate surface area is 115 Å². The molecule has 0 saturated carbocycles. The lowest BCUT2D eigenvalue weighted by Gasteiger charge is -2.14. The number of aliphatic carboxylic acids is 1. The van der Waals surface area contributed by atoms with Gasteiger partial charge in [-0.3, -0.25) is 0 Å². The molecule has 19 heavy (non-hydrogen) atoms. The van der Waals surface area contributed by atoms with Gasteiger partial charge in [0.05, 0.1) is 0 Å². The van der Waals surface area contributed by atoms with Crippen LogP contribution in [-0.2, 0) is 4.79 Å². The SMILES string of the molecule is Cc1cc(Br)cc(/C=C/C(=O)O)c1OCC(F)(F)F. The lowest BCUT2D eigenvalue weighted by Crippen LogP contribution is -2.20. The molecular formula is C12H10BrF3O3. The molecule has 0 aromatic heterocycles. The number of hydrogen-bond donors (Lipinski definition) is 1. The van der Waals surface area contributed by atoms with Gasteiger partial charge in [0.15, 0.2) is 6.61 Å². The Hall–Kier alpha value is -1.50. The maximum absolute atomic E-state index is 12.2. The minimum Gasteiger partial charge on any atom is -0.483 e. The van der Waals surface area contributed by atoms with Crippen LogP contribution in [0.15, 0.2) is 22.7 Å². The Balaban J connectivity index is 3.09. The number of carbonyl (C=O) groups is 1. The Kier molecular flexibility index (Phi) is 4.99. The lowest BCUT2D eigenvalue weighted by atomic mass is 10.1. The summed E-state index contributed by atoms with van der Waals surface area (Å²) < 4.78 is 41.8. The highest BCUT2D eigenvalue weighted by Gasteiger charge is 2.29. The van der Waals surface area contributed by atoms with Gasteiger partial charge in [-0.1, -0.05) is 15.9 Å². The van der Waals surface area contributed by atoms with Gasteiger partial charge in [-0.25, -0.2) is 4.79 Å². The Morgan fingerprint density at radius 3 is 2.63 bits per heavy atom. The molecule has 0 bridgehead atoms. The monoisotopic (exact) mass is 338 g/mol. The quantitative estimate of drug-likeness (QED) is 0.849. The van der Waals surface area contributed by atoms with E-state index in [1.165, 1.54) is 12.1 Å². The number of carboxylic acids is 1. The van der Waals surface area contributed by atoms with E-state index < -0.39 is 18.8 Å². The van der Waals surface area contributed by atoms with E-state index in [1.807, 2.05) is 0 Å². The predicted molar refractivity (Wildman–Crippen MR) is 67.1 cm³/mol. The molecule has 3 nitrogen and oxygen atoms in total. The van der Waals surface area contributed by atoms with Crippen molar-refractivity contribution in [1.29, 1.82) is 0 Å². The van der Waals surface area contributed by atoms with Crippen LogP contribution in [0, 0.1) is 6.92 Å². The van der Waals surface area contributed by atoms with Crippen LogP contribution in [0.1, 0.15) is 11.1 Å². The molecule has 1 aromatic rings. The van der Waals surface area contributed by atoms with Crippen LogP contribution in [0.5, 0.6) is 5.75 Å². The first-order valence-electron chi connectivity index (χ1n) is 5.10. The summed E-state index contributed by atoms with van der Waals surface area (Å²) in [5.74, 6) is -1.18. The smallest absolute Gasteiger partial charge is 0.422 e. The van der Waals surface area contributed by atoms with Crippen molar-refractivity contribution in [1.82, 2.24) is 0 Å². The molecule has 0 radical (unpaired) electrons. The van der Waals surface area contributed by atoms with Gasteiger partial charge in [0.25, 0.3) is 0 Å². The maximum Gasteiger partial charge on any atom is 0.422 e. The second-order valence-corrected chi connectivity index (χ2v) is 4.63. The third kappa shape index (κ3) is 5.34. The van der Waals surface area contributed by atoms with Gasteiger partial charge in [-0.05, 0) is 30.7 Å². The van der Waals surface area contributed by atoms with Crippen LogP contribution in [0.3, 0.4) is 0 Å². The highest BCUT2D eigenvalue weighted by Crippen LogP contribution is 2.30. The maximum atomic E-state index is 12.2. The minimum absolute atomic E-state index is 0.0121. The molecule has 1 aromatic carbocycles. The van der Waals surface area contributed by atoms with E-state index in [1.54, 1.807) is 13.0 Å². The number of aryl methyl sites for hydroxylation is 1. The Morgan fingerprint density at radius 1 is 1.47 bits per heavy atom. The average molecular weight is 339 g/mol. The molecule has 1 N–H and O–H groups in total. The molecule has 0 amide bonds. The summed E-state index contributed by atoms with van der Waals surface area (Å²) in [6.45, 7) is 0.151. The fraction of sp³-hybridized carbons (Fsp3) is 0.250. The van der Waals surface area contributed by atoms with Crippen molar-refractivity contribution >= 4 is 28.0 Å². The number of benzene rings is 1. The fourth-order valence-electron chi connectivity index (χ4n) is 1.39. The van der Waals surface area contributed by atoms with Gasteiger partial charge in [0, 0.05) is 16.1 Å². The Bertz CT molecular complexity index is 510. The lowest BCUT2D eigenvalue weighted by molar-refractivity contribution is -0.153. The fourth-order valence-corrected chi connectivity index (χ4v) is 1.98. The van der Waals surface area contributed by atoms with E-state index in [-0.39, 0.29) is 11.3 Å². The van der Waals surface area contributed by atoms with Crippen LogP contribution in [0.4, 0.5) is 13.2 Å². The Morgan fingerprint density at radius 2 is 2.11 bits per heavy atom. The number of ether oxygens (including phenoxy) is 1. The molecule has 104 valence electrons. The van der Waals surface area contributed by atoms with Crippen molar-refractivity contribution in [2.45, 2.75) is 13.1 Å². The zero-order valence-corrected chi connectivity index (χ0v) is 11.4. The molecule has 0 spiro atoms. The normalized spacial score (nSPS) is 11.8. The van der Waals surface area contributed by atoms with Crippen molar-refractivity contribution in [2.24, 2.45) is 0 Å². The third-order valence-corrected chi connectivity index (χ3v) is 2.51. The van der Waals surface area contributed by atoms with Crippen LogP contribution in [0.2, 0.25) is 0 Å². The second-order valence-electron chi connectivity index (χ2n) is 3.72. The van der Waals surface area contributed by atoms with Crippen LogP contribution in [0.25, 0.3) is 6.08 Å². The van der Waals surface area contributed by atoms with E-state index in [0.29, 0.717) is 10.0 Å². The molecule has 0 aliphatic heterocycles. The van der Waals surface area contributed by atoms with E-state index in [9.17, 15) is 18.0 Å². The number of rotatable bonds is 4. The molecule has 0 heterocycles. The van der Waals surface area contributed by atoms with Crippen LogP contribution in [-0.4, -0.2) is 23.9 Å². The number of alkyl halides is 3. The van der Waals surface area contributed by atoms with E-state index >= 15 is 0 Å². The van der Waals surface area contributed by atoms with Gasteiger partial charge in [-0.15, -0.1) is 0 Å².